The highest BCUT2D eigenvalue weighted by Crippen LogP contribution is 2.29. The Bertz CT molecular complexity index is 449. The van der Waals surface area contributed by atoms with Gasteiger partial charge in [-0.1, -0.05) is 20.8 Å². The van der Waals surface area contributed by atoms with Crippen molar-refractivity contribution in [3.05, 3.63) is 23.8 Å². The molecule has 1 aromatic rings. The van der Waals surface area contributed by atoms with E-state index in [-0.39, 0.29) is 11.9 Å². The van der Waals surface area contributed by atoms with Crippen molar-refractivity contribution in [2.24, 2.45) is 5.41 Å². The van der Waals surface area contributed by atoms with Gasteiger partial charge in [-0.2, -0.15) is 0 Å². The quantitative estimate of drug-likeness (QED) is 0.910. The van der Waals surface area contributed by atoms with Gasteiger partial charge in [-0.05, 0) is 25.1 Å². The predicted molar refractivity (Wildman–Crippen MR) is 75.6 cm³/mol. The molecule has 0 radical (unpaired) electrons. The van der Waals surface area contributed by atoms with Crippen LogP contribution in [-0.2, 0) is 4.79 Å². The largest absolute Gasteiger partial charge is 0.497 e. The van der Waals surface area contributed by atoms with E-state index in [1.807, 2.05) is 45.9 Å². The molecule has 0 saturated heterocycles. The summed E-state index contributed by atoms with van der Waals surface area (Å²) in [4.78, 5) is 12.0. The molecule has 1 aromatic carbocycles. The lowest BCUT2D eigenvalue weighted by atomic mass is 9.94. The summed E-state index contributed by atoms with van der Waals surface area (Å²) in [6.45, 7) is 7.59. The van der Waals surface area contributed by atoms with E-state index in [1.165, 1.54) is 0 Å². The van der Waals surface area contributed by atoms with Crippen molar-refractivity contribution in [3.63, 3.8) is 0 Å². The summed E-state index contributed by atoms with van der Waals surface area (Å²) in [7, 11) is 3.23. The molecule has 1 N–H and O–H groups in total. The van der Waals surface area contributed by atoms with Crippen LogP contribution in [0.2, 0.25) is 0 Å². The number of methoxy groups -OCH3 is 2. The second kappa shape index (κ2) is 5.95. The smallest absolute Gasteiger partial charge is 0.225 e. The second-order valence-corrected chi connectivity index (χ2v) is 5.55. The Morgan fingerprint density at radius 3 is 2.32 bits per heavy atom. The number of nitrogens with one attached hydrogen (secondary N) is 1. The molecule has 0 fully saturated rings. The molecule has 0 heterocycles. The topological polar surface area (TPSA) is 47.6 Å². The van der Waals surface area contributed by atoms with Gasteiger partial charge in [-0.15, -0.1) is 0 Å². The van der Waals surface area contributed by atoms with E-state index in [1.54, 1.807) is 14.2 Å². The van der Waals surface area contributed by atoms with Crippen molar-refractivity contribution in [3.8, 4) is 11.5 Å². The minimum Gasteiger partial charge on any atom is -0.497 e. The van der Waals surface area contributed by atoms with E-state index in [4.69, 9.17) is 9.47 Å². The van der Waals surface area contributed by atoms with E-state index in [0.717, 1.165) is 17.1 Å². The molecule has 0 aliphatic rings. The fraction of sp³-hybridized carbons (Fsp3) is 0.533. The molecule has 0 spiro atoms. The standard InChI is InChI=1S/C15H23NO3/c1-10(16-14(17)15(2,3)4)12-9-11(18-5)7-8-13(12)19-6/h7-10H,1-6H3,(H,16,17). The molecule has 1 amide bonds. The van der Waals surface area contributed by atoms with Crippen molar-refractivity contribution >= 4 is 5.91 Å². The second-order valence-electron chi connectivity index (χ2n) is 5.55. The van der Waals surface area contributed by atoms with Gasteiger partial charge >= 0.3 is 0 Å². The van der Waals surface area contributed by atoms with E-state index < -0.39 is 5.41 Å². The third-order valence-electron chi connectivity index (χ3n) is 2.93. The van der Waals surface area contributed by atoms with Crippen LogP contribution in [-0.4, -0.2) is 20.1 Å². The lowest BCUT2D eigenvalue weighted by Crippen LogP contribution is -2.36. The average Bonchev–Trinajstić information content (AvgIpc) is 2.36. The van der Waals surface area contributed by atoms with E-state index >= 15 is 0 Å². The van der Waals surface area contributed by atoms with Gasteiger partial charge in [0.25, 0.3) is 0 Å². The Balaban J connectivity index is 2.98. The number of rotatable bonds is 4. The monoisotopic (exact) mass is 265 g/mol. The number of carbonyl (C=O) groups excluding carboxylic acids is 1. The Kier molecular flexibility index (Phi) is 4.81. The molecule has 4 nitrogen and oxygen atoms in total. The number of benzene rings is 1. The number of carbonyl (C=O) groups is 1. The zero-order chi connectivity index (χ0) is 14.6. The Labute approximate surface area is 115 Å². The van der Waals surface area contributed by atoms with Gasteiger partial charge in [-0.25, -0.2) is 0 Å². The van der Waals surface area contributed by atoms with Crippen molar-refractivity contribution in [1.29, 1.82) is 0 Å². The SMILES string of the molecule is COc1ccc(OC)c(C(C)NC(=O)C(C)(C)C)c1. The number of amides is 1. The van der Waals surface area contributed by atoms with Crippen LogP contribution in [0.1, 0.15) is 39.3 Å². The molecule has 0 aliphatic carbocycles. The normalized spacial score (nSPS) is 12.7. The Morgan fingerprint density at radius 2 is 1.84 bits per heavy atom. The first-order valence-electron chi connectivity index (χ1n) is 6.32. The number of ether oxygens (including phenoxy) is 2. The molecule has 0 aromatic heterocycles. The summed E-state index contributed by atoms with van der Waals surface area (Å²) in [5.74, 6) is 1.49. The first-order chi connectivity index (χ1) is 8.79. The zero-order valence-electron chi connectivity index (χ0n) is 12.5. The highest BCUT2D eigenvalue weighted by atomic mass is 16.5. The summed E-state index contributed by atoms with van der Waals surface area (Å²) in [5, 5.41) is 2.99. The Morgan fingerprint density at radius 1 is 1.21 bits per heavy atom. The maximum absolute atomic E-state index is 12.0. The van der Waals surface area contributed by atoms with Crippen LogP contribution in [0.25, 0.3) is 0 Å². The molecule has 1 rings (SSSR count). The fourth-order valence-electron chi connectivity index (χ4n) is 1.67. The van der Waals surface area contributed by atoms with Gasteiger partial charge < -0.3 is 14.8 Å². The maximum atomic E-state index is 12.0. The first kappa shape index (κ1) is 15.3. The van der Waals surface area contributed by atoms with Crippen LogP contribution in [0.4, 0.5) is 0 Å². The van der Waals surface area contributed by atoms with Gasteiger partial charge in [0, 0.05) is 11.0 Å². The summed E-state index contributed by atoms with van der Waals surface area (Å²) >= 11 is 0. The number of hydrogen-bond acceptors (Lipinski definition) is 3. The zero-order valence-corrected chi connectivity index (χ0v) is 12.5. The van der Waals surface area contributed by atoms with E-state index in [9.17, 15) is 4.79 Å². The van der Waals surface area contributed by atoms with E-state index in [2.05, 4.69) is 5.32 Å². The summed E-state index contributed by atoms with van der Waals surface area (Å²) in [6.07, 6.45) is 0. The van der Waals surface area contributed by atoms with Gasteiger partial charge in [0.05, 0.1) is 20.3 Å². The molecular weight excluding hydrogens is 242 g/mol. The van der Waals surface area contributed by atoms with Crippen LogP contribution in [0.15, 0.2) is 18.2 Å². The Hall–Kier alpha value is -1.71. The van der Waals surface area contributed by atoms with Crippen molar-refractivity contribution in [1.82, 2.24) is 5.32 Å². The van der Waals surface area contributed by atoms with Crippen LogP contribution in [0.3, 0.4) is 0 Å². The van der Waals surface area contributed by atoms with Crippen molar-refractivity contribution in [2.45, 2.75) is 33.7 Å². The molecule has 1 unspecified atom stereocenters. The molecular formula is C15H23NO3. The van der Waals surface area contributed by atoms with Crippen LogP contribution in [0.5, 0.6) is 11.5 Å². The van der Waals surface area contributed by atoms with Gasteiger partial charge in [0.1, 0.15) is 11.5 Å². The van der Waals surface area contributed by atoms with Crippen LogP contribution < -0.4 is 14.8 Å². The molecule has 0 aliphatic heterocycles. The fourth-order valence-corrected chi connectivity index (χ4v) is 1.67. The molecule has 106 valence electrons. The van der Waals surface area contributed by atoms with Crippen molar-refractivity contribution in [2.75, 3.05) is 14.2 Å². The molecule has 1 atom stereocenters. The third-order valence-corrected chi connectivity index (χ3v) is 2.93. The summed E-state index contributed by atoms with van der Waals surface area (Å²) in [5.41, 5.74) is 0.486. The maximum Gasteiger partial charge on any atom is 0.225 e. The molecule has 4 heteroatoms. The van der Waals surface area contributed by atoms with Gasteiger partial charge in [0.2, 0.25) is 5.91 Å². The van der Waals surface area contributed by atoms with Gasteiger partial charge in [-0.3, -0.25) is 4.79 Å². The predicted octanol–water partition coefficient (Wildman–Crippen LogP) is 2.93. The molecule has 0 saturated carbocycles. The van der Waals surface area contributed by atoms with Crippen LogP contribution in [0, 0.1) is 5.41 Å². The lowest BCUT2D eigenvalue weighted by molar-refractivity contribution is -0.129. The minimum absolute atomic E-state index is 0.00451. The molecule has 19 heavy (non-hydrogen) atoms. The van der Waals surface area contributed by atoms with E-state index in [0.29, 0.717) is 0 Å². The average molecular weight is 265 g/mol. The van der Waals surface area contributed by atoms with Crippen LogP contribution >= 0.6 is 0 Å². The van der Waals surface area contributed by atoms with Gasteiger partial charge in [0.15, 0.2) is 0 Å². The highest BCUT2D eigenvalue weighted by Gasteiger charge is 2.24. The summed E-state index contributed by atoms with van der Waals surface area (Å²) < 4.78 is 10.5. The summed E-state index contributed by atoms with van der Waals surface area (Å²) in [6, 6.07) is 5.41. The number of hydrogen-bond donors (Lipinski definition) is 1. The highest BCUT2D eigenvalue weighted by molar-refractivity contribution is 5.81. The third kappa shape index (κ3) is 3.88. The minimum atomic E-state index is -0.416. The molecule has 0 bridgehead atoms. The van der Waals surface area contributed by atoms with Crippen molar-refractivity contribution < 1.29 is 14.3 Å². The first-order valence-corrected chi connectivity index (χ1v) is 6.32. The lowest BCUT2D eigenvalue weighted by Gasteiger charge is -2.23.